The Kier molecular flexibility index (Phi) is 2.44. The van der Waals surface area contributed by atoms with Gasteiger partial charge in [0, 0.05) is 11.0 Å². The zero-order valence-corrected chi connectivity index (χ0v) is 11.5. The summed E-state index contributed by atoms with van der Waals surface area (Å²) in [4.78, 5) is 12.0. The van der Waals surface area contributed by atoms with Crippen molar-refractivity contribution in [2.75, 3.05) is 6.61 Å². The molecule has 0 aromatic rings. The van der Waals surface area contributed by atoms with Crippen LogP contribution in [0.25, 0.3) is 0 Å². The van der Waals surface area contributed by atoms with Gasteiger partial charge >= 0.3 is 5.97 Å². The first-order valence-corrected chi connectivity index (χ1v) is 6.95. The van der Waals surface area contributed by atoms with E-state index in [9.17, 15) is 9.90 Å². The topological polar surface area (TPSA) is 46.5 Å². The average molecular weight is 250 g/mol. The third-order valence-corrected chi connectivity index (χ3v) is 5.70. The van der Waals surface area contributed by atoms with Crippen LogP contribution in [0, 0.1) is 16.7 Å². The fraction of sp³-hybridized carbons (Fsp3) is 0.800. The van der Waals surface area contributed by atoms with Gasteiger partial charge in [0.2, 0.25) is 0 Å². The minimum absolute atomic E-state index is 0.0934. The van der Waals surface area contributed by atoms with Crippen LogP contribution in [0.5, 0.6) is 0 Å². The molecular formula is C15H22O3. The Morgan fingerprint density at radius 2 is 2.00 bits per heavy atom. The molecule has 0 aromatic heterocycles. The number of carbonyl (C=O) groups excluding carboxylic acids is 1. The van der Waals surface area contributed by atoms with E-state index in [1.54, 1.807) is 0 Å². The maximum atomic E-state index is 12.0. The molecule has 0 spiro atoms. The molecule has 0 saturated heterocycles. The molecule has 1 saturated carbocycles. The smallest absolute Gasteiger partial charge is 0.334 e. The molecular weight excluding hydrogens is 228 g/mol. The Bertz CT molecular complexity index is 435. The number of cyclic esters (lactones) is 1. The molecule has 0 bridgehead atoms. The lowest BCUT2D eigenvalue weighted by atomic mass is 9.49. The number of carbonyl (C=O) groups is 1. The predicted octanol–water partition coefficient (Wildman–Crippen LogP) is 2.44. The molecule has 0 radical (unpaired) electrons. The van der Waals surface area contributed by atoms with Crippen LogP contribution in [0.2, 0.25) is 0 Å². The van der Waals surface area contributed by atoms with E-state index in [1.165, 1.54) is 5.57 Å². The van der Waals surface area contributed by atoms with Gasteiger partial charge in [0.15, 0.2) is 0 Å². The Labute approximate surface area is 108 Å². The third kappa shape index (κ3) is 1.37. The largest absolute Gasteiger partial charge is 0.458 e. The summed E-state index contributed by atoms with van der Waals surface area (Å²) in [5.41, 5.74) is 1.95. The van der Waals surface area contributed by atoms with Gasteiger partial charge in [-0.05, 0) is 42.6 Å². The predicted molar refractivity (Wildman–Crippen MR) is 67.8 cm³/mol. The number of hydrogen-bond donors (Lipinski definition) is 1. The number of rotatable bonds is 0. The Hall–Kier alpha value is -0.830. The van der Waals surface area contributed by atoms with Crippen LogP contribution in [0.15, 0.2) is 11.1 Å². The molecule has 18 heavy (non-hydrogen) atoms. The molecule has 3 atom stereocenters. The summed E-state index contributed by atoms with van der Waals surface area (Å²) < 4.78 is 5.23. The SMILES string of the molecule is CC1(C)[C@@H](O)CC[C@]2(C)C3=C(CC[C@@H]12)COC3=O. The monoisotopic (exact) mass is 250 g/mol. The molecule has 1 heterocycles. The van der Waals surface area contributed by atoms with Gasteiger partial charge in [0.25, 0.3) is 0 Å². The Morgan fingerprint density at radius 1 is 1.28 bits per heavy atom. The zero-order chi connectivity index (χ0) is 13.1. The fourth-order valence-corrected chi connectivity index (χ4v) is 4.62. The minimum Gasteiger partial charge on any atom is -0.458 e. The molecule has 0 unspecified atom stereocenters. The van der Waals surface area contributed by atoms with E-state index in [0.29, 0.717) is 12.5 Å². The van der Waals surface area contributed by atoms with Gasteiger partial charge < -0.3 is 9.84 Å². The quantitative estimate of drug-likeness (QED) is 0.672. The summed E-state index contributed by atoms with van der Waals surface area (Å²) in [6, 6.07) is 0. The second kappa shape index (κ2) is 3.60. The van der Waals surface area contributed by atoms with Crippen molar-refractivity contribution in [2.24, 2.45) is 16.7 Å². The molecule has 3 rings (SSSR count). The maximum Gasteiger partial charge on any atom is 0.334 e. The van der Waals surface area contributed by atoms with Crippen LogP contribution in [-0.4, -0.2) is 23.8 Å². The number of aliphatic hydroxyl groups excluding tert-OH is 1. The second-order valence-corrected chi connectivity index (χ2v) is 6.94. The molecule has 3 nitrogen and oxygen atoms in total. The first-order valence-electron chi connectivity index (χ1n) is 6.95. The van der Waals surface area contributed by atoms with Crippen molar-refractivity contribution in [3.8, 4) is 0 Å². The minimum atomic E-state index is -0.254. The molecule has 0 amide bonds. The first-order chi connectivity index (χ1) is 8.37. The summed E-state index contributed by atoms with van der Waals surface area (Å²) in [6.45, 7) is 6.99. The summed E-state index contributed by atoms with van der Waals surface area (Å²) in [5, 5.41) is 10.3. The zero-order valence-electron chi connectivity index (χ0n) is 11.5. The lowest BCUT2D eigenvalue weighted by molar-refractivity contribution is -0.140. The standard InChI is InChI=1S/C15H22O3/c1-14(2)10-5-4-9-8-18-13(17)12(9)15(10,3)7-6-11(14)16/h10-11,16H,4-8H2,1-3H3/t10-,11-,15-/m0/s1. The lowest BCUT2D eigenvalue weighted by Gasteiger charge is -2.55. The number of aliphatic hydroxyl groups is 1. The van der Waals surface area contributed by atoms with Crippen LogP contribution in [-0.2, 0) is 9.53 Å². The summed E-state index contributed by atoms with van der Waals surface area (Å²) in [7, 11) is 0. The summed E-state index contributed by atoms with van der Waals surface area (Å²) in [5.74, 6) is 0.266. The lowest BCUT2D eigenvalue weighted by Crippen LogP contribution is -2.52. The van der Waals surface area contributed by atoms with E-state index in [0.717, 1.165) is 31.3 Å². The van der Waals surface area contributed by atoms with Gasteiger partial charge in [0.05, 0.1) is 6.10 Å². The number of fused-ring (bicyclic) bond motifs is 2. The summed E-state index contributed by atoms with van der Waals surface area (Å²) in [6.07, 6.45) is 3.45. The van der Waals surface area contributed by atoms with Crippen molar-refractivity contribution >= 4 is 5.97 Å². The van der Waals surface area contributed by atoms with E-state index in [1.807, 2.05) is 0 Å². The highest BCUT2D eigenvalue weighted by Gasteiger charge is 2.57. The van der Waals surface area contributed by atoms with Crippen molar-refractivity contribution in [3.63, 3.8) is 0 Å². The van der Waals surface area contributed by atoms with E-state index in [4.69, 9.17) is 4.74 Å². The van der Waals surface area contributed by atoms with Crippen molar-refractivity contribution in [1.82, 2.24) is 0 Å². The van der Waals surface area contributed by atoms with Gasteiger partial charge in [-0.1, -0.05) is 20.8 Å². The van der Waals surface area contributed by atoms with Crippen molar-refractivity contribution < 1.29 is 14.6 Å². The van der Waals surface area contributed by atoms with Crippen LogP contribution < -0.4 is 0 Å². The molecule has 1 N–H and O–H groups in total. The molecule has 1 aliphatic heterocycles. The van der Waals surface area contributed by atoms with Crippen molar-refractivity contribution in [3.05, 3.63) is 11.1 Å². The van der Waals surface area contributed by atoms with Gasteiger partial charge in [-0.15, -0.1) is 0 Å². The first kappa shape index (κ1) is 12.2. The Balaban J connectivity index is 2.07. The fourth-order valence-electron chi connectivity index (χ4n) is 4.62. The van der Waals surface area contributed by atoms with Gasteiger partial charge in [-0.25, -0.2) is 4.79 Å². The normalized spacial score (nSPS) is 42.3. The highest BCUT2D eigenvalue weighted by Crippen LogP contribution is 2.60. The highest BCUT2D eigenvalue weighted by atomic mass is 16.5. The number of esters is 1. The number of hydrogen-bond acceptors (Lipinski definition) is 3. The van der Waals surface area contributed by atoms with Crippen LogP contribution >= 0.6 is 0 Å². The molecule has 2 aliphatic carbocycles. The molecule has 3 heteroatoms. The van der Waals surface area contributed by atoms with E-state index in [2.05, 4.69) is 20.8 Å². The molecule has 0 aromatic carbocycles. The van der Waals surface area contributed by atoms with Crippen LogP contribution in [0.4, 0.5) is 0 Å². The number of ether oxygens (including phenoxy) is 1. The van der Waals surface area contributed by atoms with Gasteiger partial charge in [0.1, 0.15) is 6.61 Å². The molecule has 100 valence electrons. The summed E-state index contributed by atoms with van der Waals surface area (Å²) >= 11 is 0. The van der Waals surface area contributed by atoms with Crippen LogP contribution in [0.1, 0.15) is 46.5 Å². The van der Waals surface area contributed by atoms with Crippen molar-refractivity contribution in [1.29, 1.82) is 0 Å². The third-order valence-electron chi connectivity index (χ3n) is 5.70. The molecule has 3 aliphatic rings. The maximum absolute atomic E-state index is 12.0. The molecule has 1 fully saturated rings. The van der Waals surface area contributed by atoms with Gasteiger partial charge in [-0.2, -0.15) is 0 Å². The average Bonchev–Trinajstić information content (AvgIpc) is 2.68. The van der Waals surface area contributed by atoms with Crippen LogP contribution in [0.3, 0.4) is 0 Å². The van der Waals surface area contributed by atoms with E-state index in [-0.39, 0.29) is 22.9 Å². The second-order valence-electron chi connectivity index (χ2n) is 6.94. The Morgan fingerprint density at radius 3 is 2.72 bits per heavy atom. The highest BCUT2D eigenvalue weighted by molar-refractivity contribution is 5.93. The van der Waals surface area contributed by atoms with E-state index < -0.39 is 0 Å². The van der Waals surface area contributed by atoms with E-state index >= 15 is 0 Å². The van der Waals surface area contributed by atoms with Gasteiger partial charge in [-0.3, -0.25) is 0 Å². The van der Waals surface area contributed by atoms with Crippen molar-refractivity contribution in [2.45, 2.75) is 52.6 Å².